The van der Waals surface area contributed by atoms with Crippen molar-refractivity contribution >= 4 is 17.2 Å². The molecule has 0 fully saturated rings. The minimum absolute atomic E-state index is 0.00122. The molecule has 0 saturated carbocycles. The van der Waals surface area contributed by atoms with Gasteiger partial charge in [0.05, 0.1) is 12.0 Å². The number of hydrogen-bond donors (Lipinski definition) is 1. The zero-order valence-electron chi connectivity index (χ0n) is 15.4. The number of aryl methyl sites for hydroxylation is 1. The van der Waals surface area contributed by atoms with Gasteiger partial charge in [-0.05, 0) is 60.9 Å². The molecule has 0 spiro atoms. The molecule has 1 amide bonds. The highest BCUT2D eigenvalue weighted by atomic mass is 32.1. The van der Waals surface area contributed by atoms with E-state index in [-0.39, 0.29) is 17.4 Å². The lowest BCUT2D eigenvalue weighted by atomic mass is 9.90. The fraction of sp³-hybridized carbons (Fsp3) is 0.450. The SMILES string of the molecule is COc1cc(CCNC(=O)c2cc3c(s2)CC[C@@H](C)C3)ccc1OC(F)F. The van der Waals surface area contributed by atoms with Crippen molar-refractivity contribution in [3.05, 3.63) is 45.1 Å². The second kappa shape index (κ2) is 8.69. The van der Waals surface area contributed by atoms with E-state index in [4.69, 9.17) is 4.74 Å². The number of hydrogen-bond acceptors (Lipinski definition) is 4. The van der Waals surface area contributed by atoms with Gasteiger partial charge >= 0.3 is 6.61 Å². The zero-order valence-corrected chi connectivity index (χ0v) is 16.2. The molecule has 1 N–H and O–H groups in total. The number of nitrogens with one attached hydrogen (secondary N) is 1. The smallest absolute Gasteiger partial charge is 0.387 e. The molecule has 1 aromatic heterocycles. The first-order chi connectivity index (χ1) is 13.0. The normalized spacial score (nSPS) is 16.1. The maximum atomic E-state index is 12.4. The van der Waals surface area contributed by atoms with E-state index in [0.29, 0.717) is 18.9 Å². The van der Waals surface area contributed by atoms with E-state index in [1.807, 2.05) is 6.07 Å². The molecular weight excluding hydrogens is 372 g/mol. The first-order valence-corrected chi connectivity index (χ1v) is 9.79. The van der Waals surface area contributed by atoms with Crippen LogP contribution in [0.1, 0.15) is 39.0 Å². The third-order valence-electron chi connectivity index (χ3n) is 4.70. The number of amides is 1. The second-order valence-electron chi connectivity index (χ2n) is 6.78. The van der Waals surface area contributed by atoms with Crippen LogP contribution in [0.4, 0.5) is 8.78 Å². The first-order valence-electron chi connectivity index (χ1n) is 8.97. The summed E-state index contributed by atoms with van der Waals surface area (Å²) in [5, 5.41) is 2.93. The molecule has 3 rings (SSSR count). The van der Waals surface area contributed by atoms with Crippen LogP contribution in [0.5, 0.6) is 11.5 Å². The summed E-state index contributed by atoms with van der Waals surface area (Å²) >= 11 is 1.59. The van der Waals surface area contributed by atoms with Crippen LogP contribution in [0.15, 0.2) is 24.3 Å². The highest BCUT2D eigenvalue weighted by Crippen LogP contribution is 2.32. The maximum Gasteiger partial charge on any atom is 0.387 e. The van der Waals surface area contributed by atoms with Crippen molar-refractivity contribution in [3.63, 3.8) is 0 Å². The van der Waals surface area contributed by atoms with Crippen molar-refractivity contribution in [2.24, 2.45) is 5.92 Å². The fourth-order valence-corrected chi connectivity index (χ4v) is 4.41. The minimum atomic E-state index is -2.90. The summed E-state index contributed by atoms with van der Waals surface area (Å²) in [5.41, 5.74) is 2.18. The van der Waals surface area contributed by atoms with Gasteiger partial charge in [0.15, 0.2) is 11.5 Å². The van der Waals surface area contributed by atoms with Crippen LogP contribution in [-0.4, -0.2) is 26.2 Å². The molecule has 0 aliphatic heterocycles. The van der Waals surface area contributed by atoms with Gasteiger partial charge in [0.25, 0.3) is 5.91 Å². The first kappa shape index (κ1) is 19.6. The number of halogens is 2. The van der Waals surface area contributed by atoms with E-state index in [1.165, 1.54) is 30.0 Å². The molecular formula is C20H23F2NO3S. The molecule has 7 heteroatoms. The number of carbonyl (C=O) groups excluding carboxylic acids is 1. The van der Waals surface area contributed by atoms with E-state index >= 15 is 0 Å². The van der Waals surface area contributed by atoms with Crippen LogP contribution in [0.3, 0.4) is 0 Å². The lowest BCUT2D eigenvalue weighted by Gasteiger charge is -2.16. The molecule has 1 heterocycles. The predicted octanol–water partition coefficient (Wildman–Crippen LogP) is 4.46. The Balaban J connectivity index is 1.56. The molecule has 1 aliphatic carbocycles. The highest BCUT2D eigenvalue weighted by Gasteiger charge is 2.20. The third-order valence-corrected chi connectivity index (χ3v) is 5.93. The molecule has 2 aromatic rings. The number of methoxy groups -OCH3 is 1. The van der Waals surface area contributed by atoms with E-state index < -0.39 is 6.61 Å². The van der Waals surface area contributed by atoms with Gasteiger partial charge in [-0.15, -0.1) is 11.3 Å². The van der Waals surface area contributed by atoms with Crippen LogP contribution in [0.25, 0.3) is 0 Å². The monoisotopic (exact) mass is 395 g/mol. The van der Waals surface area contributed by atoms with Crippen LogP contribution < -0.4 is 14.8 Å². The zero-order chi connectivity index (χ0) is 19.4. The summed E-state index contributed by atoms with van der Waals surface area (Å²) in [5.74, 6) is 0.861. The van der Waals surface area contributed by atoms with Crippen LogP contribution in [0.2, 0.25) is 0 Å². The molecule has 0 saturated heterocycles. The summed E-state index contributed by atoms with van der Waals surface area (Å²) in [6, 6.07) is 6.81. The Morgan fingerprint density at radius 1 is 1.33 bits per heavy atom. The van der Waals surface area contributed by atoms with Gasteiger partial charge in [0, 0.05) is 11.4 Å². The lowest BCUT2D eigenvalue weighted by molar-refractivity contribution is -0.0512. The van der Waals surface area contributed by atoms with Gasteiger partial charge in [0.1, 0.15) is 0 Å². The highest BCUT2D eigenvalue weighted by molar-refractivity contribution is 7.14. The molecule has 1 aromatic carbocycles. The second-order valence-corrected chi connectivity index (χ2v) is 7.91. The molecule has 0 unspecified atom stereocenters. The Morgan fingerprint density at radius 2 is 2.15 bits per heavy atom. The number of rotatable bonds is 7. The Morgan fingerprint density at radius 3 is 2.89 bits per heavy atom. The summed E-state index contributed by atoms with van der Waals surface area (Å²) in [4.78, 5) is 14.5. The average molecular weight is 395 g/mol. The summed E-state index contributed by atoms with van der Waals surface area (Å²) in [6.07, 6.45) is 3.86. The minimum Gasteiger partial charge on any atom is -0.493 e. The molecule has 1 atom stereocenters. The molecule has 146 valence electrons. The van der Waals surface area contributed by atoms with Crippen LogP contribution >= 0.6 is 11.3 Å². The fourth-order valence-electron chi connectivity index (χ4n) is 3.29. The lowest BCUT2D eigenvalue weighted by Crippen LogP contribution is -2.24. The predicted molar refractivity (Wildman–Crippen MR) is 101 cm³/mol. The molecule has 0 bridgehead atoms. The third kappa shape index (κ3) is 4.97. The van der Waals surface area contributed by atoms with Crippen molar-refractivity contribution in [1.82, 2.24) is 5.32 Å². The van der Waals surface area contributed by atoms with Gasteiger partial charge in [-0.2, -0.15) is 8.78 Å². The van der Waals surface area contributed by atoms with Crippen molar-refractivity contribution < 1.29 is 23.0 Å². The van der Waals surface area contributed by atoms with Gasteiger partial charge < -0.3 is 14.8 Å². The average Bonchev–Trinajstić information content (AvgIpc) is 3.05. The number of alkyl halides is 2. The molecule has 1 aliphatic rings. The summed E-state index contributed by atoms with van der Waals surface area (Å²) in [7, 11) is 1.40. The molecule has 4 nitrogen and oxygen atoms in total. The van der Waals surface area contributed by atoms with Crippen LogP contribution in [0, 0.1) is 5.92 Å². The van der Waals surface area contributed by atoms with Crippen molar-refractivity contribution in [2.45, 2.75) is 39.2 Å². The maximum absolute atomic E-state index is 12.4. The van der Waals surface area contributed by atoms with Crippen molar-refractivity contribution in [1.29, 1.82) is 0 Å². The van der Waals surface area contributed by atoms with Gasteiger partial charge in [0.2, 0.25) is 0 Å². The summed E-state index contributed by atoms with van der Waals surface area (Å²) in [6.45, 7) is -0.203. The van der Waals surface area contributed by atoms with E-state index in [0.717, 1.165) is 23.3 Å². The molecule has 0 radical (unpaired) electrons. The standard InChI is InChI=1S/C20H23F2NO3S/c1-12-3-6-17-14(9-12)11-18(27-17)19(24)23-8-7-13-4-5-15(26-20(21)22)16(10-13)25-2/h4-5,10-12,20H,3,6-9H2,1-2H3,(H,23,24)/t12-/m1/s1. The van der Waals surface area contributed by atoms with Crippen LogP contribution in [-0.2, 0) is 19.3 Å². The number of thiophene rings is 1. The van der Waals surface area contributed by atoms with Gasteiger partial charge in [-0.1, -0.05) is 13.0 Å². The van der Waals surface area contributed by atoms with Crippen molar-refractivity contribution in [2.75, 3.05) is 13.7 Å². The number of benzene rings is 1. The Labute approximate surface area is 161 Å². The number of carbonyl (C=O) groups is 1. The van der Waals surface area contributed by atoms with Crippen molar-refractivity contribution in [3.8, 4) is 11.5 Å². The number of fused-ring (bicyclic) bond motifs is 1. The Bertz CT molecular complexity index is 807. The quantitative estimate of drug-likeness (QED) is 0.753. The van der Waals surface area contributed by atoms with E-state index in [1.54, 1.807) is 23.5 Å². The van der Waals surface area contributed by atoms with E-state index in [2.05, 4.69) is 17.0 Å². The molecule has 27 heavy (non-hydrogen) atoms. The Hall–Kier alpha value is -2.15. The van der Waals surface area contributed by atoms with Gasteiger partial charge in [-0.3, -0.25) is 4.79 Å². The number of ether oxygens (including phenoxy) is 2. The van der Waals surface area contributed by atoms with E-state index in [9.17, 15) is 13.6 Å². The Kier molecular flexibility index (Phi) is 6.31. The topological polar surface area (TPSA) is 47.6 Å². The van der Waals surface area contributed by atoms with Gasteiger partial charge in [-0.25, -0.2) is 0 Å². The summed E-state index contributed by atoms with van der Waals surface area (Å²) < 4.78 is 34.3. The largest absolute Gasteiger partial charge is 0.493 e.